The number of carbonyl (C=O) groups excluding carboxylic acids is 3. The van der Waals surface area contributed by atoms with Crippen molar-refractivity contribution in [1.82, 2.24) is 20.9 Å². The number of carboxylic acid groups (broad SMARTS) is 1. The molecular weight excluding hydrogens is 484 g/mol. The molecule has 202 valence electrons. The van der Waals surface area contributed by atoms with Gasteiger partial charge in [0.1, 0.15) is 12.1 Å². The zero-order valence-electron chi connectivity index (χ0n) is 21.5. The minimum atomic E-state index is -1.12. The number of likely N-dealkylation sites (tertiary alicyclic amines) is 1. The quantitative estimate of drug-likeness (QED) is 0.357. The van der Waals surface area contributed by atoms with Crippen molar-refractivity contribution >= 4 is 23.7 Å². The predicted molar refractivity (Wildman–Crippen MR) is 142 cm³/mol. The molecule has 2 aromatic rings. The van der Waals surface area contributed by atoms with E-state index < -0.39 is 30.0 Å². The van der Waals surface area contributed by atoms with Crippen molar-refractivity contribution in [3.05, 3.63) is 71.8 Å². The van der Waals surface area contributed by atoms with Crippen LogP contribution >= 0.6 is 0 Å². The molecule has 3 amide bonds. The Morgan fingerprint density at radius 3 is 2.16 bits per heavy atom. The third-order valence-corrected chi connectivity index (χ3v) is 7.22. The molecule has 2 aromatic carbocycles. The van der Waals surface area contributed by atoms with Crippen LogP contribution in [0.2, 0.25) is 0 Å². The van der Waals surface area contributed by atoms with E-state index in [1.807, 2.05) is 60.7 Å². The first-order valence-electron chi connectivity index (χ1n) is 13.3. The summed E-state index contributed by atoms with van der Waals surface area (Å²) in [6, 6.07) is 16.2. The number of nitrogens with zero attached hydrogens (tertiary/aromatic N) is 1. The molecule has 9 heteroatoms. The van der Waals surface area contributed by atoms with Crippen LogP contribution in [0, 0.1) is 0 Å². The Hall–Kier alpha value is -3.72. The first-order valence-corrected chi connectivity index (χ1v) is 13.3. The van der Waals surface area contributed by atoms with Gasteiger partial charge < -0.3 is 26.0 Å². The Bertz CT molecular complexity index is 1100. The summed E-state index contributed by atoms with van der Waals surface area (Å²) in [5.41, 5.74) is 1.75. The maximum atomic E-state index is 13.4. The van der Waals surface area contributed by atoms with Gasteiger partial charge in [-0.05, 0) is 49.8 Å². The molecule has 2 saturated heterocycles. The number of aliphatic carboxylic acids is 1. The molecule has 0 radical (unpaired) electrons. The van der Waals surface area contributed by atoms with E-state index in [4.69, 9.17) is 0 Å². The molecule has 0 bridgehead atoms. The van der Waals surface area contributed by atoms with Crippen molar-refractivity contribution in [2.75, 3.05) is 13.1 Å². The number of amides is 3. The second kappa shape index (κ2) is 13.2. The highest BCUT2D eigenvalue weighted by molar-refractivity contribution is 5.91. The summed E-state index contributed by atoms with van der Waals surface area (Å²) < 4.78 is 0. The number of benzene rings is 2. The molecule has 4 rings (SSSR count). The maximum absolute atomic E-state index is 13.4. The standard InChI is InChI=1S/C29H36N4O5/c34-26(32-24(29(37)38)18-21-11-5-2-6-12-21)19-22(17-20-9-3-1-4-10-20)31-27(35)25-14-8-16-33(25)28(36)23-13-7-15-30-23/h1-6,9-12,22-25,30H,7-8,13-19H2,(H,31,35)(H,32,34)(H,37,38)/t22-,23-,24-,25+/m0/s1. The van der Waals surface area contributed by atoms with Gasteiger partial charge >= 0.3 is 5.97 Å². The molecule has 9 nitrogen and oxygen atoms in total. The highest BCUT2D eigenvalue weighted by Gasteiger charge is 2.38. The highest BCUT2D eigenvalue weighted by atomic mass is 16.4. The normalized spacial score (nSPS) is 20.5. The molecule has 0 aliphatic carbocycles. The Balaban J connectivity index is 1.42. The van der Waals surface area contributed by atoms with Crippen LogP contribution in [0.5, 0.6) is 0 Å². The van der Waals surface area contributed by atoms with Crippen molar-refractivity contribution in [3.8, 4) is 0 Å². The summed E-state index contributed by atoms with van der Waals surface area (Å²) in [4.78, 5) is 52.9. The van der Waals surface area contributed by atoms with E-state index in [1.165, 1.54) is 0 Å². The smallest absolute Gasteiger partial charge is 0.326 e. The van der Waals surface area contributed by atoms with Crippen LogP contribution in [0.4, 0.5) is 0 Å². The molecule has 2 aliphatic rings. The molecule has 4 atom stereocenters. The largest absolute Gasteiger partial charge is 0.480 e. The molecule has 2 aliphatic heterocycles. The van der Waals surface area contributed by atoms with E-state index in [9.17, 15) is 24.3 Å². The molecular formula is C29H36N4O5. The fourth-order valence-corrected chi connectivity index (χ4v) is 5.30. The van der Waals surface area contributed by atoms with Crippen LogP contribution in [0.3, 0.4) is 0 Å². The second-order valence-electron chi connectivity index (χ2n) is 10.1. The minimum Gasteiger partial charge on any atom is -0.480 e. The van der Waals surface area contributed by atoms with E-state index >= 15 is 0 Å². The lowest BCUT2D eigenvalue weighted by Gasteiger charge is -2.28. The van der Waals surface area contributed by atoms with Crippen LogP contribution in [-0.4, -0.2) is 71.0 Å². The fourth-order valence-electron chi connectivity index (χ4n) is 5.30. The number of carbonyl (C=O) groups is 4. The van der Waals surface area contributed by atoms with Crippen molar-refractivity contribution in [2.24, 2.45) is 0 Å². The van der Waals surface area contributed by atoms with E-state index in [-0.39, 0.29) is 30.7 Å². The van der Waals surface area contributed by atoms with Gasteiger partial charge in [-0.15, -0.1) is 0 Å². The van der Waals surface area contributed by atoms with E-state index in [1.54, 1.807) is 4.90 Å². The summed E-state index contributed by atoms with van der Waals surface area (Å²) in [7, 11) is 0. The first-order chi connectivity index (χ1) is 18.4. The van der Waals surface area contributed by atoms with Gasteiger partial charge in [0.2, 0.25) is 17.7 Å². The van der Waals surface area contributed by atoms with Crippen molar-refractivity contribution in [2.45, 2.75) is 69.1 Å². The summed E-state index contributed by atoms with van der Waals surface area (Å²) in [6.07, 6.45) is 3.52. The summed E-state index contributed by atoms with van der Waals surface area (Å²) in [5, 5.41) is 18.5. The third kappa shape index (κ3) is 7.41. The molecule has 38 heavy (non-hydrogen) atoms. The summed E-state index contributed by atoms with van der Waals surface area (Å²) in [5.74, 6) is -1.89. The second-order valence-corrected chi connectivity index (χ2v) is 10.1. The Kier molecular flexibility index (Phi) is 9.48. The number of hydrogen-bond donors (Lipinski definition) is 4. The molecule has 2 fully saturated rings. The predicted octanol–water partition coefficient (Wildman–Crippen LogP) is 1.66. The Morgan fingerprint density at radius 2 is 1.55 bits per heavy atom. The number of carboxylic acids is 1. The van der Waals surface area contributed by atoms with Crippen molar-refractivity contribution in [1.29, 1.82) is 0 Å². The van der Waals surface area contributed by atoms with E-state index in [2.05, 4.69) is 16.0 Å². The van der Waals surface area contributed by atoms with Crippen LogP contribution in [0.1, 0.15) is 43.2 Å². The van der Waals surface area contributed by atoms with Crippen LogP contribution in [0.15, 0.2) is 60.7 Å². The lowest BCUT2D eigenvalue weighted by atomic mass is 10.0. The van der Waals surface area contributed by atoms with E-state index in [0.717, 1.165) is 36.9 Å². The molecule has 0 saturated carbocycles. The van der Waals surface area contributed by atoms with Gasteiger partial charge in [0.25, 0.3) is 0 Å². The number of hydrogen-bond acceptors (Lipinski definition) is 5. The fraction of sp³-hybridized carbons (Fsp3) is 0.448. The van der Waals surface area contributed by atoms with Gasteiger partial charge in [-0.1, -0.05) is 60.7 Å². The summed E-state index contributed by atoms with van der Waals surface area (Å²) >= 11 is 0. The topological polar surface area (TPSA) is 128 Å². The molecule has 2 heterocycles. The SMILES string of the molecule is O=C(C[C@H](Cc1ccccc1)NC(=O)[C@H]1CCCN1C(=O)[C@@H]1CCCN1)N[C@@H](Cc1ccccc1)C(=O)O. The number of nitrogens with one attached hydrogen (secondary N) is 3. The zero-order valence-corrected chi connectivity index (χ0v) is 21.5. The zero-order chi connectivity index (χ0) is 26.9. The average Bonchev–Trinajstić information content (AvgIpc) is 3.62. The van der Waals surface area contributed by atoms with Crippen LogP contribution in [0.25, 0.3) is 0 Å². The highest BCUT2D eigenvalue weighted by Crippen LogP contribution is 2.21. The first kappa shape index (κ1) is 27.3. The molecule has 0 unspecified atom stereocenters. The lowest BCUT2D eigenvalue weighted by molar-refractivity contribution is -0.142. The van der Waals surface area contributed by atoms with E-state index in [0.29, 0.717) is 19.4 Å². The minimum absolute atomic E-state index is 0.0392. The van der Waals surface area contributed by atoms with Crippen molar-refractivity contribution in [3.63, 3.8) is 0 Å². The lowest BCUT2D eigenvalue weighted by Crippen LogP contribution is -2.53. The van der Waals surface area contributed by atoms with Gasteiger partial charge in [-0.3, -0.25) is 14.4 Å². The van der Waals surface area contributed by atoms with Crippen LogP contribution < -0.4 is 16.0 Å². The third-order valence-electron chi connectivity index (χ3n) is 7.22. The van der Waals surface area contributed by atoms with Gasteiger partial charge in [0.05, 0.1) is 6.04 Å². The molecule has 4 N–H and O–H groups in total. The van der Waals surface area contributed by atoms with Crippen LogP contribution in [-0.2, 0) is 32.0 Å². The number of rotatable bonds is 11. The van der Waals surface area contributed by atoms with Crippen molar-refractivity contribution < 1.29 is 24.3 Å². The van der Waals surface area contributed by atoms with Gasteiger partial charge in [-0.25, -0.2) is 4.79 Å². The summed E-state index contributed by atoms with van der Waals surface area (Å²) in [6.45, 7) is 1.34. The average molecular weight is 521 g/mol. The van der Waals surface area contributed by atoms with Gasteiger partial charge in [0, 0.05) is 25.4 Å². The molecule has 0 spiro atoms. The maximum Gasteiger partial charge on any atom is 0.326 e. The monoisotopic (exact) mass is 520 g/mol. The Morgan fingerprint density at radius 1 is 0.895 bits per heavy atom. The van der Waals surface area contributed by atoms with Gasteiger partial charge in [-0.2, -0.15) is 0 Å². The Labute approximate surface area is 223 Å². The molecule has 0 aromatic heterocycles. The van der Waals surface area contributed by atoms with Gasteiger partial charge in [0.15, 0.2) is 0 Å².